The molecular weight excluding hydrogens is 500 g/mol. The van der Waals surface area contributed by atoms with Gasteiger partial charge in [-0.25, -0.2) is 4.79 Å². The van der Waals surface area contributed by atoms with Crippen LogP contribution in [0.1, 0.15) is 12.5 Å². The van der Waals surface area contributed by atoms with Gasteiger partial charge < -0.3 is 14.2 Å². The Balaban J connectivity index is 1.87. The average Bonchev–Trinajstić information content (AvgIpc) is 2.77. The maximum atomic E-state index is 13.1. The molecule has 0 aromatic heterocycles. The van der Waals surface area contributed by atoms with Crippen LogP contribution in [0.4, 0.5) is 5.69 Å². The summed E-state index contributed by atoms with van der Waals surface area (Å²) in [4.78, 5) is 38.3. The minimum absolute atomic E-state index is 0.000216. The van der Waals surface area contributed by atoms with Crippen molar-refractivity contribution in [2.75, 3.05) is 25.2 Å². The number of esters is 1. The second-order valence-corrected chi connectivity index (χ2v) is 7.74. The number of nitrogens with one attached hydrogen (secondary N) is 1. The second kappa shape index (κ2) is 10.4. The fourth-order valence-corrected chi connectivity index (χ4v) is 3.43. The van der Waals surface area contributed by atoms with E-state index >= 15 is 0 Å². The van der Waals surface area contributed by atoms with E-state index < -0.39 is 17.8 Å². The van der Waals surface area contributed by atoms with Gasteiger partial charge in [0.05, 0.1) is 19.4 Å². The lowest BCUT2D eigenvalue weighted by Gasteiger charge is -2.29. The van der Waals surface area contributed by atoms with Gasteiger partial charge in [-0.15, -0.1) is 0 Å². The molecule has 0 atom stereocenters. The van der Waals surface area contributed by atoms with E-state index in [4.69, 9.17) is 26.4 Å². The molecule has 0 unspecified atom stereocenters. The number of amides is 2. The molecule has 1 aliphatic heterocycles. The van der Waals surface area contributed by atoms with Crippen molar-refractivity contribution in [1.82, 2.24) is 5.32 Å². The van der Waals surface area contributed by atoms with Crippen molar-refractivity contribution in [2.45, 2.75) is 6.92 Å². The van der Waals surface area contributed by atoms with Crippen LogP contribution in [0.3, 0.4) is 0 Å². The van der Waals surface area contributed by atoms with Crippen LogP contribution in [-0.2, 0) is 19.1 Å². The Kier molecular flexibility index (Phi) is 7.60. The molecule has 0 radical (unpaired) electrons. The van der Waals surface area contributed by atoms with E-state index in [1.54, 1.807) is 49.4 Å². The van der Waals surface area contributed by atoms with Crippen molar-refractivity contribution in [1.29, 1.82) is 0 Å². The zero-order valence-electron chi connectivity index (χ0n) is 17.2. The normalized spacial score (nSPS) is 14.9. The van der Waals surface area contributed by atoms with Gasteiger partial charge in [0.25, 0.3) is 11.8 Å². The Hall–Kier alpha value is -3.24. The van der Waals surface area contributed by atoms with E-state index in [9.17, 15) is 14.4 Å². The van der Waals surface area contributed by atoms with Crippen LogP contribution < -0.4 is 19.7 Å². The molecule has 32 heavy (non-hydrogen) atoms. The maximum absolute atomic E-state index is 13.1. The third kappa shape index (κ3) is 5.32. The van der Waals surface area contributed by atoms with Crippen LogP contribution in [0, 0.1) is 0 Å². The van der Waals surface area contributed by atoms with Crippen LogP contribution in [0.15, 0.2) is 52.5 Å². The number of rotatable bonds is 7. The smallest absolute Gasteiger partial charge is 0.344 e. The molecule has 0 aliphatic carbocycles. The van der Waals surface area contributed by atoms with Crippen molar-refractivity contribution in [3.8, 4) is 11.5 Å². The number of benzene rings is 2. The highest BCUT2D eigenvalue weighted by molar-refractivity contribution is 9.10. The first-order valence-corrected chi connectivity index (χ1v) is 10.7. The lowest BCUT2D eigenvalue weighted by Crippen LogP contribution is -2.54. The summed E-state index contributed by atoms with van der Waals surface area (Å²) in [5, 5.41) is 2.54. The molecule has 2 aromatic rings. The first-order chi connectivity index (χ1) is 15.3. The number of anilines is 1. The third-order valence-electron chi connectivity index (χ3n) is 4.34. The summed E-state index contributed by atoms with van der Waals surface area (Å²) in [6.45, 7) is 1.68. The summed E-state index contributed by atoms with van der Waals surface area (Å²) in [7, 11) is 1.44. The molecule has 0 spiro atoms. The lowest BCUT2D eigenvalue weighted by atomic mass is 10.1. The average molecular weight is 519 g/mol. The van der Waals surface area contributed by atoms with Gasteiger partial charge in [-0.2, -0.15) is 0 Å². The van der Waals surface area contributed by atoms with E-state index in [1.807, 2.05) is 0 Å². The Morgan fingerprint density at radius 1 is 1.16 bits per heavy atom. The van der Waals surface area contributed by atoms with Gasteiger partial charge in [-0.05, 0) is 67.2 Å². The standard InChI is InChI=1S/C22H19BrN2O6S/c1-3-30-19(26)12-31-17-9-4-13(11-18(17)29-2)10-16-20(27)24-22(32)25(21(16)28)15-7-5-14(23)6-8-15/h4-11H,3,12H2,1-2H3,(H,24,27,32)/b16-10-. The van der Waals surface area contributed by atoms with Crippen LogP contribution in [0.2, 0.25) is 0 Å². The summed E-state index contributed by atoms with van der Waals surface area (Å²) < 4.78 is 16.4. The number of nitrogens with zero attached hydrogens (tertiary/aromatic N) is 1. The van der Waals surface area contributed by atoms with Gasteiger partial charge >= 0.3 is 5.97 Å². The highest BCUT2D eigenvalue weighted by Crippen LogP contribution is 2.30. The first-order valence-electron chi connectivity index (χ1n) is 9.47. The molecule has 0 bridgehead atoms. The fraction of sp³-hybridized carbons (Fsp3) is 0.182. The highest BCUT2D eigenvalue weighted by atomic mass is 79.9. The number of hydrogen-bond donors (Lipinski definition) is 1. The number of methoxy groups -OCH3 is 1. The minimum atomic E-state index is -0.602. The monoisotopic (exact) mass is 518 g/mol. The van der Waals surface area contributed by atoms with Crippen molar-refractivity contribution in [2.24, 2.45) is 0 Å². The molecule has 2 amide bonds. The number of thiocarbonyl (C=S) groups is 1. The lowest BCUT2D eigenvalue weighted by molar-refractivity contribution is -0.145. The molecule has 8 nitrogen and oxygen atoms in total. The Labute approximate surface area is 198 Å². The van der Waals surface area contributed by atoms with Crippen LogP contribution >= 0.6 is 28.1 Å². The molecule has 2 aromatic carbocycles. The molecule has 1 fully saturated rings. The van der Waals surface area contributed by atoms with E-state index in [2.05, 4.69) is 21.2 Å². The van der Waals surface area contributed by atoms with Crippen molar-refractivity contribution < 1.29 is 28.6 Å². The van der Waals surface area contributed by atoms with Crippen molar-refractivity contribution in [3.63, 3.8) is 0 Å². The van der Waals surface area contributed by atoms with Crippen molar-refractivity contribution >= 4 is 62.8 Å². The quantitative estimate of drug-likeness (QED) is 0.260. The van der Waals surface area contributed by atoms with E-state index in [-0.39, 0.29) is 23.9 Å². The number of carbonyl (C=O) groups excluding carboxylic acids is 3. The number of halogens is 1. The fourth-order valence-electron chi connectivity index (χ4n) is 2.88. The maximum Gasteiger partial charge on any atom is 0.344 e. The zero-order valence-corrected chi connectivity index (χ0v) is 19.6. The topological polar surface area (TPSA) is 94.2 Å². The van der Waals surface area contributed by atoms with Gasteiger partial charge in [-0.3, -0.25) is 19.8 Å². The first kappa shape index (κ1) is 23.4. The molecule has 1 aliphatic rings. The van der Waals surface area contributed by atoms with E-state index in [0.29, 0.717) is 22.7 Å². The number of ether oxygens (including phenoxy) is 3. The summed E-state index contributed by atoms with van der Waals surface area (Å²) in [6, 6.07) is 11.8. The molecule has 3 rings (SSSR count). The van der Waals surface area contributed by atoms with Gasteiger partial charge in [0, 0.05) is 4.47 Å². The highest BCUT2D eigenvalue weighted by Gasteiger charge is 2.34. The van der Waals surface area contributed by atoms with Gasteiger partial charge in [0.2, 0.25) is 0 Å². The van der Waals surface area contributed by atoms with Gasteiger partial charge in [0.15, 0.2) is 23.2 Å². The van der Waals surface area contributed by atoms with Gasteiger partial charge in [0.1, 0.15) is 5.57 Å². The third-order valence-corrected chi connectivity index (χ3v) is 5.15. The Morgan fingerprint density at radius 3 is 2.53 bits per heavy atom. The summed E-state index contributed by atoms with van der Waals surface area (Å²) >= 11 is 8.55. The predicted molar refractivity (Wildman–Crippen MR) is 125 cm³/mol. The SMILES string of the molecule is CCOC(=O)COc1ccc(/C=C2/C(=O)NC(=S)N(c3ccc(Br)cc3)C2=O)cc1OC. The molecule has 10 heteroatoms. The molecule has 0 saturated carbocycles. The number of carbonyl (C=O) groups is 3. The second-order valence-electron chi connectivity index (χ2n) is 6.44. The minimum Gasteiger partial charge on any atom is -0.493 e. The molecule has 1 N–H and O–H groups in total. The summed E-state index contributed by atoms with van der Waals surface area (Å²) in [6.07, 6.45) is 1.43. The summed E-state index contributed by atoms with van der Waals surface area (Å²) in [5.74, 6) is -1.01. The van der Waals surface area contributed by atoms with Crippen LogP contribution in [-0.4, -0.2) is 43.2 Å². The van der Waals surface area contributed by atoms with E-state index in [1.165, 1.54) is 18.1 Å². The molecule has 1 saturated heterocycles. The molecule has 166 valence electrons. The summed E-state index contributed by atoms with van der Waals surface area (Å²) in [5.41, 5.74) is 0.950. The zero-order chi connectivity index (χ0) is 23.3. The molecular formula is C22H19BrN2O6S. The van der Waals surface area contributed by atoms with Gasteiger partial charge in [-0.1, -0.05) is 22.0 Å². The van der Waals surface area contributed by atoms with Crippen LogP contribution in [0.5, 0.6) is 11.5 Å². The van der Waals surface area contributed by atoms with Crippen LogP contribution in [0.25, 0.3) is 6.08 Å². The largest absolute Gasteiger partial charge is 0.493 e. The number of hydrogen-bond acceptors (Lipinski definition) is 7. The Bertz CT molecular complexity index is 1100. The van der Waals surface area contributed by atoms with Crippen molar-refractivity contribution in [3.05, 3.63) is 58.1 Å². The Morgan fingerprint density at radius 2 is 1.88 bits per heavy atom. The predicted octanol–water partition coefficient (Wildman–Crippen LogP) is 3.23. The molecule has 1 heterocycles. The van der Waals surface area contributed by atoms with E-state index in [0.717, 1.165) is 4.47 Å².